The molecular weight excluding hydrogens is 378 g/mol. The van der Waals surface area contributed by atoms with Crippen molar-refractivity contribution in [1.82, 2.24) is 0 Å². The molecule has 0 aromatic heterocycles. The predicted molar refractivity (Wildman–Crippen MR) is 108 cm³/mol. The normalized spacial score (nSPS) is 14.0. The highest BCUT2D eigenvalue weighted by atomic mass is 32.2. The quantitative estimate of drug-likeness (QED) is 0.734. The van der Waals surface area contributed by atoms with Gasteiger partial charge in [0.25, 0.3) is 0 Å². The zero-order valence-electron chi connectivity index (χ0n) is 15.7. The van der Waals surface area contributed by atoms with Crippen molar-refractivity contribution in [2.24, 2.45) is 0 Å². The van der Waals surface area contributed by atoms with Gasteiger partial charge in [0, 0.05) is 30.7 Å². The van der Waals surface area contributed by atoms with E-state index < -0.39 is 5.30 Å². The molecule has 0 saturated carbocycles. The van der Waals surface area contributed by atoms with Crippen LogP contribution in [0.4, 0.5) is 10.5 Å². The molecule has 1 amide bonds. The Bertz CT molecular complexity index is 911. The van der Waals surface area contributed by atoms with E-state index in [1.165, 1.54) is 14.0 Å². The van der Waals surface area contributed by atoms with Gasteiger partial charge in [-0.15, -0.1) is 0 Å². The smallest absolute Gasteiger partial charge is 0.367 e. The molecule has 0 saturated heterocycles. The van der Waals surface area contributed by atoms with Crippen LogP contribution in [0.15, 0.2) is 42.5 Å². The third kappa shape index (κ3) is 4.54. The summed E-state index contributed by atoms with van der Waals surface area (Å²) in [5, 5.41) is 2.46. The summed E-state index contributed by atoms with van der Waals surface area (Å²) in [6.45, 7) is 1.65. The number of anilines is 1. The number of nitrogens with one attached hydrogen (secondary N) is 1. The van der Waals surface area contributed by atoms with Crippen LogP contribution in [0.2, 0.25) is 0 Å². The number of fused-ring (bicyclic) bond motifs is 3. The molecule has 0 fully saturated rings. The highest BCUT2D eigenvalue weighted by Gasteiger charge is 2.29. The number of methoxy groups -OCH3 is 1. The molecule has 146 valence electrons. The minimum absolute atomic E-state index is 0.0677. The van der Waals surface area contributed by atoms with Crippen molar-refractivity contribution >= 4 is 34.6 Å². The fourth-order valence-corrected chi connectivity index (χ4v) is 3.85. The molecule has 1 atom stereocenters. The van der Waals surface area contributed by atoms with Gasteiger partial charge in [-0.25, -0.2) is 4.79 Å². The summed E-state index contributed by atoms with van der Waals surface area (Å²) in [5.41, 5.74) is 4.99. The maximum atomic E-state index is 12.2. The average molecular weight is 399 g/mol. The van der Waals surface area contributed by atoms with Crippen molar-refractivity contribution in [3.63, 3.8) is 0 Å². The van der Waals surface area contributed by atoms with E-state index in [1.807, 2.05) is 42.5 Å². The van der Waals surface area contributed by atoms with Crippen molar-refractivity contribution < 1.29 is 23.9 Å². The second kappa shape index (κ2) is 8.93. The Morgan fingerprint density at radius 1 is 1.07 bits per heavy atom. The zero-order valence-corrected chi connectivity index (χ0v) is 16.5. The second-order valence-corrected chi connectivity index (χ2v) is 7.38. The van der Waals surface area contributed by atoms with Crippen LogP contribution in [0.5, 0.6) is 0 Å². The number of hydrogen-bond donors (Lipinski definition) is 1. The Kier molecular flexibility index (Phi) is 6.36. The second-order valence-electron chi connectivity index (χ2n) is 6.35. The lowest BCUT2D eigenvalue weighted by Crippen LogP contribution is -2.14. The van der Waals surface area contributed by atoms with Crippen molar-refractivity contribution in [3.05, 3.63) is 53.6 Å². The first kappa shape index (κ1) is 19.9. The Hall–Kier alpha value is -2.80. The number of thioether (sulfide) groups is 1. The lowest BCUT2D eigenvalue weighted by atomic mass is 9.97. The fraction of sp³-hybridized carbons (Fsp3) is 0.286. The molecule has 2 aromatic rings. The topological polar surface area (TPSA) is 81.7 Å². The van der Waals surface area contributed by atoms with Crippen molar-refractivity contribution in [3.8, 4) is 11.1 Å². The van der Waals surface area contributed by atoms with Crippen LogP contribution in [0.3, 0.4) is 0 Å². The maximum Gasteiger partial charge on any atom is 0.367 e. The van der Waals surface area contributed by atoms with Crippen LogP contribution in [-0.2, 0) is 19.1 Å². The van der Waals surface area contributed by atoms with Gasteiger partial charge in [0.2, 0.25) is 5.91 Å². The van der Waals surface area contributed by atoms with E-state index in [9.17, 15) is 14.4 Å². The predicted octanol–water partition coefficient (Wildman–Crippen LogP) is 4.19. The molecule has 0 aliphatic heterocycles. The van der Waals surface area contributed by atoms with E-state index in [0.29, 0.717) is 11.4 Å². The summed E-state index contributed by atoms with van der Waals surface area (Å²) in [5.74, 6) is -0.215. The number of carbonyl (C=O) groups excluding carboxylic acids is 3. The van der Waals surface area contributed by atoms with Gasteiger partial charge < -0.3 is 14.8 Å². The minimum atomic E-state index is -0.406. The largest absolute Gasteiger partial charge is 0.465 e. The van der Waals surface area contributed by atoms with Gasteiger partial charge in [0.1, 0.15) is 6.61 Å². The Labute approximate surface area is 167 Å². The number of ether oxygens (including phenoxy) is 2. The lowest BCUT2D eigenvalue weighted by molar-refractivity contribution is -0.141. The number of hydrogen-bond acceptors (Lipinski definition) is 6. The molecule has 1 aliphatic carbocycles. The molecular formula is C21H21NO5S. The molecule has 1 unspecified atom stereocenters. The molecule has 1 N–H and O–H groups in total. The highest BCUT2D eigenvalue weighted by Crippen LogP contribution is 2.45. The molecule has 3 rings (SSSR count). The molecule has 7 heteroatoms. The first-order chi connectivity index (χ1) is 13.5. The Balaban J connectivity index is 1.75. The highest BCUT2D eigenvalue weighted by molar-refractivity contribution is 8.13. The number of carbonyl (C=O) groups is 3. The van der Waals surface area contributed by atoms with E-state index in [1.54, 1.807) is 0 Å². The van der Waals surface area contributed by atoms with Gasteiger partial charge in [-0.1, -0.05) is 30.3 Å². The van der Waals surface area contributed by atoms with E-state index in [4.69, 9.17) is 4.74 Å². The Morgan fingerprint density at radius 2 is 1.82 bits per heavy atom. The van der Waals surface area contributed by atoms with Gasteiger partial charge >= 0.3 is 11.3 Å². The molecule has 2 aromatic carbocycles. The lowest BCUT2D eigenvalue weighted by Gasteiger charge is -2.14. The van der Waals surface area contributed by atoms with Crippen LogP contribution in [0.1, 0.15) is 30.4 Å². The molecule has 6 nitrogen and oxygen atoms in total. The van der Waals surface area contributed by atoms with Gasteiger partial charge in [-0.2, -0.15) is 0 Å². The molecule has 28 heavy (non-hydrogen) atoms. The van der Waals surface area contributed by atoms with Crippen molar-refractivity contribution in [2.45, 2.75) is 19.3 Å². The monoisotopic (exact) mass is 399 g/mol. The molecule has 0 bridgehead atoms. The standard InChI is InChI=1S/C21H21NO5S/c1-13(23)27-12-19-16-6-4-3-5-15(16)17-8-7-14(11-18(17)19)22-20(24)9-10-28-21(25)26-2/h3-8,11,19H,9-10,12H2,1-2H3,(H,22,24). The summed E-state index contributed by atoms with van der Waals surface area (Å²) >= 11 is 0.966. The van der Waals surface area contributed by atoms with Crippen LogP contribution >= 0.6 is 11.8 Å². The summed E-state index contributed by atoms with van der Waals surface area (Å²) in [6.07, 6.45) is 0.202. The summed E-state index contributed by atoms with van der Waals surface area (Å²) in [6, 6.07) is 13.8. The van der Waals surface area contributed by atoms with Crippen LogP contribution in [-0.4, -0.2) is 36.6 Å². The number of amides is 1. The van der Waals surface area contributed by atoms with Crippen LogP contribution < -0.4 is 5.32 Å². The minimum Gasteiger partial charge on any atom is -0.465 e. The molecule has 0 spiro atoms. The van der Waals surface area contributed by atoms with Crippen LogP contribution in [0, 0.1) is 0 Å². The van der Waals surface area contributed by atoms with E-state index in [-0.39, 0.29) is 30.8 Å². The fourth-order valence-electron chi connectivity index (χ4n) is 3.28. The van der Waals surface area contributed by atoms with Gasteiger partial charge in [-0.05, 0) is 46.1 Å². The van der Waals surface area contributed by atoms with Gasteiger partial charge in [0.05, 0.1) is 7.11 Å². The van der Waals surface area contributed by atoms with Crippen molar-refractivity contribution in [2.75, 3.05) is 24.8 Å². The molecule has 1 aliphatic rings. The van der Waals surface area contributed by atoms with Gasteiger partial charge in [0.15, 0.2) is 0 Å². The number of esters is 1. The Morgan fingerprint density at radius 3 is 2.57 bits per heavy atom. The number of rotatable bonds is 6. The first-order valence-corrected chi connectivity index (χ1v) is 9.85. The summed E-state index contributed by atoms with van der Waals surface area (Å²) < 4.78 is 9.81. The van der Waals surface area contributed by atoms with Gasteiger partial charge in [-0.3, -0.25) is 9.59 Å². The maximum absolute atomic E-state index is 12.2. The third-order valence-corrected chi connectivity index (χ3v) is 5.32. The number of benzene rings is 2. The summed E-state index contributed by atoms with van der Waals surface area (Å²) in [4.78, 5) is 34.6. The third-order valence-electron chi connectivity index (χ3n) is 4.51. The SMILES string of the molecule is COC(=O)SCCC(=O)Nc1ccc2c(c1)C(COC(C)=O)c1ccccc1-2. The molecule has 0 radical (unpaired) electrons. The summed E-state index contributed by atoms with van der Waals surface area (Å²) in [7, 11) is 1.31. The van der Waals surface area contributed by atoms with E-state index in [2.05, 4.69) is 10.1 Å². The van der Waals surface area contributed by atoms with Crippen molar-refractivity contribution in [1.29, 1.82) is 0 Å². The average Bonchev–Trinajstić information content (AvgIpc) is 2.99. The van der Waals surface area contributed by atoms with Crippen LogP contribution in [0.25, 0.3) is 11.1 Å². The molecule has 0 heterocycles. The zero-order chi connectivity index (χ0) is 20.1. The van der Waals surface area contributed by atoms with E-state index in [0.717, 1.165) is 34.0 Å². The van der Waals surface area contributed by atoms with E-state index >= 15 is 0 Å². The first-order valence-electron chi connectivity index (χ1n) is 8.86.